The first-order valence-corrected chi connectivity index (χ1v) is 6.13. The third kappa shape index (κ3) is 1.82. The average Bonchev–Trinajstić information content (AvgIpc) is 2.59. The van der Waals surface area contributed by atoms with Gasteiger partial charge < -0.3 is 4.90 Å². The summed E-state index contributed by atoms with van der Waals surface area (Å²) in [5.41, 5.74) is 1.35. The number of amides is 1. The fourth-order valence-electron chi connectivity index (χ4n) is 2.86. The van der Waals surface area contributed by atoms with Crippen molar-refractivity contribution >= 4 is 18.5 Å². The second kappa shape index (κ2) is 3.85. The number of carbonyl (C=O) groups excluding carboxylic acids is 1. The van der Waals surface area contributed by atoms with Crippen molar-refractivity contribution in [1.29, 1.82) is 0 Å². The minimum atomic E-state index is 0.204. The van der Waals surface area contributed by atoms with Crippen LogP contribution >= 0.6 is 12.6 Å². The molecule has 84 valence electrons. The molecule has 3 unspecified atom stereocenters. The molecule has 3 atom stereocenters. The van der Waals surface area contributed by atoms with E-state index < -0.39 is 0 Å². The highest BCUT2D eigenvalue weighted by molar-refractivity contribution is 7.84. The molecule has 0 N–H and O–H groups in total. The van der Waals surface area contributed by atoms with Crippen LogP contribution in [0.3, 0.4) is 0 Å². The van der Waals surface area contributed by atoms with E-state index in [-0.39, 0.29) is 5.92 Å². The van der Waals surface area contributed by atoms with Gasteiger partial charge in [-0.05, 0) is 36.2 Å². The van der Waals surface area contributed by atoms with Crippen molar-refractivity contribution in [2.75, 3.05) is 6.54 Å². The summed E-state index contributed by atoms with van der Waals surface area (Å²) in [5.74, 6) is 1.17. The largest absolute Gasteiger partial charge is 0.335 e. The third-order valence-electron chi connectivity index (χ3n) is 3.82. The number of nitrogens with zero attached hydrogens (tertiary/aromatic N) is 1. The Labute approximate surface area is 97.1 Å². The number of rotatable bonds is 0. The smallest absolute Gasteiger partial charge is 0.225 e. The average molecular weight is 225 g/mol. The van der Waals surface area contributed by atoms with Gasteiger partial charge in [0.15, 0.2) is 0 Å². The molecule has 0 aromatic rings. The van der Waals surface area contributed by atoms with Crippen LogP contribution in [0.2, 0.25) is 0 Å². The number of fused-ring (bicyclic) bond motifs is 1. The Bertz CT molecular complexity index is 320. The first-order valence-electron chi connectivity index (χ1n) is 5.68. The van der Waals surface area contributed by atoms with Gasteiger partial charge in [-0.3, -0.25) is 4.79 Å². The van der Waals surface area contributed by atoms with Gasteiger partial charge in [-0.25, -0.2) is 0 Å². The lowest BCUT2D eigenvalue weighted by Crippen LogP contribution is -2.47. The Balaban J connectivity index is 2.25. The van der Waals surface area contributed by atoms with Crippen LogP contribution in [0.5, 0.6) is 0 Å². The molecule has 2 heterocycles. The molecular formula is C12H19NOS. The molecule has 0 aromatic heterocycles. The summed E-state index contributed by atoms with van der Waals surface area (Å²) < 4.78 is 0. The van der Waals surface area contributed by atoms with Gasteiger partial charge in [-0.2, -0.15) is 0 Å². The predicted octanol–water partition coefficient (Wildman–Crippen LogP) is 2.47. The molecule has 0 spiro atoms. The van der Waals surface area contributed by atoms with Crippen molar-refractivity contribution in [2.45, 2.75) is 39.7 Å². The summed E-state index contributed by atoms with van der Waals surface area (Å²) in [7, 11) is 0. The lowest BCUT2D eigenvalue weighted by molar-refractivity contribution is -0.141. The van der Waals surface area contributed by atoms with Crippen molar-refractivity contribution in [3.8, 4) is 0 Å². The van der Waals surface area contributed by atoms with E-state index in [1.165, 1.54) is 5.57 Å². The zero-order valence-electron chi connectivity index (χ0n) is 9.66. The van der Waals surface area contributed by atoms with E-state index >= 15 is 0 Å². The molecule has 2 saturated heterocycles. The van der Waals surface area contributed by atoms with Crippen molar-refractivity contribution in [3.05, 3.63) is 10.5 Å². The van der Waals surface area contributed by atoms with E-state index in [0.29, 0.717) is 17.9 Å². The molecule has 0 aliphatic carbocycles. The zero-order valence-corrected chi connectivity index (χ0v) is 10.6. The number of piperidine rings is 1. The van der Waals surface area contributed by atoms with E-state index in [9.17, 15) is 4.79 Å². The molecule has 0 aromatic carbocycles. The standard InChI is InChI=1S/C12H19NOS/c1-7-4-8(2)12(14)13-6-10(9(3)15)5-11(7)13/h7-8,11,15H,4-6H2,1-3H3/b10-9+. The van der Waals surface area contributed by atoms with Gasteiger partial charge in [0.2, 0.25) is 5.91 Å². The lowest BCUT2D eigenvalue weighted by Gasteiger charge is -2.37. The molecular weight excluding hydrogens is 206 g/mol. The number of carbonyl (C=O) groups is 1. The highest BCUT2D eigenvalue weighted by Gasteiger charge is 2.42. The fraction of sp³-hybridized carbons (Fsp3) is 0.750. The predicted molar refractivity (Wildman–Crippen MR) is 64.7 cm³/mol. The van der Waals surface area contributed by atoms with Gasteiger partial charge in [0.1, 0.15) is 0 Å². The second-order valence-electron chi connectivity index (χ2n) is 5.04. The van der Waals surface area contributed by atoms with E-state index in [0.717, 1.165) is 24.3 Å². The van der Waals surface area contributed by atoms with Crippen molar-refractivity contribution in [3.63, 3.8) is 0 Å². The Kier molecular flexibility index (Phi) is 2.84. The van der Waals surface area contributed by atoms with Crippen LogP contribution in [-0.2, 0) is 4.79 Å². The van der Waals surface area contributed by atoms with Gasteiger partial charge in [-0.1, -0.05) is 13.8 Å². The van der Waals surface area contributed by atoms with Gasteiger partial charge in [0, 0.05) is 18.5 Å². The molecule has 0 saturated carbocycles. The van der Waals surface area contributed by atoms with E-state index in [4.69, 9.17) is 0 Å². The van der Waals surface area contributed by atoms with E-state index in [1.54, 1.807) is 0 Å². The Morgan fingerprint density at radius 2 is 2.13 bits per heavy atom. The molecule has 2 aliphatic heterocycles. The van der Waals surface area contributed by atoms with Crippen LogP contribution in [0, 0.1) is 11.8 Å². The van der Waals surface area contributed by atoms with Crippen LogP contribution in [0.1, 0.15) is 33.6 Å². The minimum Gasteiger partial charge on any atom is -0.335 e. The maximum atomic E-state index is 12.0. The van der Waals surface area contributed by atoms with Crippen LogP contribution in [0.15, 0.2) is 10.5 Å². The maximum absolute atomic E-state index is 12.0. The van der Waals surface area contributed by atoms with E-state index in [2.05, 4.69) is 24.5 Å². The fourth-order valence-corrected chi connectivity index (χ4v) is 3.02. The first-order chi connectivity index (χ1) is 7.00. The molecule has 2 fully saturated rings. The Morgan fingerprint density at radius 3 is 2.73 bits per heavy atom. The SMILES string of the molecule is C/C(S)=C1/CC2C(C)CC(C)C(=O)N2C1. The minimum absolute atomic E-state index is 0.204. The highest BCUT2D eigenvalue weighted by Crippen LogP contribution is 2.38. The normalized spacial score (nSPS) is 39.3. The summed E-state index contributed by atoms with van der Waals surface area (Å²) in [6.45, 7) is 7.14. The lowest BCUT2D eigenvalue weighted by atomic mass is 9.85. The quantitative estimate of drug-likeness (QED) is 0.628. The monoisotopic (exact) mass is 225 g/mol. The maximum Gasteiger partial charge on any atom is 0.225 e. The molecule has 0 bridgehead atoms. The summed E-state index contributed by atoms with van der Waals surface area (Å²) in [6.07, 6.45) is 2.08. The van der Waals surface area contributed by atoms with Crippen LogP contribution in [-0.4, -0.2) is 23.4 Å². The summed E-state index contributed by atoms with van der Waals surface area (Å²) >= 11 is 4.40. The third-order valence-corrected chi connectivity index (χ3v) is 4.13. The number of allylic oxidation sites excluding steroid dienone is 1. The molecule has 0 radical (unpaired) electrons. The molecule has 3 heteroatoms. The Morgan fingerprint density at radius 1 is 1.47 bits per heavy atom. The van der Waals surface area contributed by atoms with E-state index in [1.807, 2.05) is 13.8 Å². The Hall–Kier alpha value is -0.440. The van der Waals surface area contributed by atoms with Crippen molar-refractivity contribution < 1.29 is 4.79 Å². The molecule has 1 amide bonds. The molecule has 15 heavy (non-hydrogen) atoms. The van der Waals surface area contributed by atoms with Crippen LogP contribution < -0.4 is 0 Å². The zero-order chi connectivity index (χ0) is 11.2. The highest BCUT2D eigenvalue weighted by atomic mass is 32.1. The number of hydrogen-bond donors (Lipinski definition) is 1. The second-order valence-corrected chi connectivity index (χ2v) is 5.71. The van der Waals surface area contributed by atoms with Crippen molar-refractivity contribution in [1.82, 2.24) is 4.90 Å². The summed E-state index contributed by atoms with van der Waals surface area (Å²) in [6, 6.07) is 0.436. The van der Waals surface area contributed by atoms with Gasteiger partial charge >= 0.3 is 0 Å². The van der Waals surface area contributed by atoms with Crippen LogP contribution in [0.4, 0.5) is 0 Å². The molecule has 2 rings (SSSR count). The van der Waals surface area contributed by atoms with Gasteiger partial charge in [-0.15, -0.1) is 12.6 Å². The number of thiol groups is 1. The van der Waals surface area contributed by atoms with Gasteiger partial charge in [0.25, 0.3) is 0 Å². The van der Waals surface area contributed by atoms with Crippen LogP contribution in [0.25, 0.3) is 0 Å². The number of hydrogen-bond acceptors (Lipinski definition) is 2. The summed E-state index contributed by atoms with van der Waals surface area (Å²) in [4.78, 5) is 15.2. The topological polar surface area (TPSA) is 20.3 Å². The molecule has 2 nitrogen and oxygen atoms in total. The molecule has 2 aliphatic rings. The van der Waals surface area contributed by atoms with Crippen molar-refractivity contribution in [2.24, 2.45) is 11.8 Å². The summed E-state index contributed by atoms with van der Waals surface area (Å²) in [5, 5.41) is 0. The first kappa shape index (κ1) is 11.1. The van der Waals surface area contributed by atoms with Gasteiger partial charge in [0.05, 0.1) is 0 Å².